The molecule has 0 spiro atoms. The number of hydrogen-bond acceptors (Lipinski definition) is 5. The number of aryl methyl sites for hydroxylation is 1. The fourth-order valence-corrected chi connectivity index (χ4v) is 4.07. The summed E-state index contributed by atoms with van der Waals surface area (Å²) < 4.78 is 1.58. The number of carbonyl (C=O) groups is 1. The number of thioether (sulfide) groups is 1. The first-order valence-corrected chi connectivity index (χ1v) is 9.38. The summed E-state index contributed by atoms with van der Waals surface area (Å²) in [6.45, 7) is 2.86. The van der Waals surface area contributed by atoms with Crippen LogP contribution in [0.25, 0.3) is 5.70 Å². The topological polar surface area (TPSA) is 51.0 Å². The van der Waals surface area contributed by atoms with Crippen LogP contribution < -0.4 is 4.90 Å². The van der Waals surface area contributed by atoms with E-state index < -0.39 is 0 Å². The Morgan fingerprint density at radius 3 is 2.54 bits per heavy atom. The normalized spacial score (nSPS) is 16.0. The minimum absolute atomic E-state index is 0.0548. The zero-order valence-corrected chi connectivity index (χ0v) is 15.2. The van der Waals surface area contributed by atoms with Crippen molar-refractivity contribution in [2.45, 2.75) is 6.92 Å². The second-order valence-corrected chi connectivity index (χ2v) is 7.11. The van der Waals surface area contributed by atoms with Gasteiger partial charge in [0.2, 0.25) is 5.78 Å². The Kier molecular flexibility index (Phi) is 4.58. The lowest BCUT2D eigenvalue weighted by Gasteiger charge is -2.22. The van der Waals surface area contributed by atoms with Crippen LogP contribution in [-0.4, -0.2) is 32.8 Å². The lowest BCUT2D eigenvalue weighted by Crippen LogP contribution is -2.22. The molecule has 0 unspecified atom stereocenters. The minimum Gasteiger partial charge on any atom is -0.334 e. The molecule has 3 aromatic rings. The third-order valence-electron chi connectivity index (χ3n) is 4.25. The molecule has 1 fully saturated rings. The molecule has 0 N–H and O–H groups in total. The quantitative estimate of drug-likeness (QED) is 0.521. The molecule has 26 heavy (non-hydrogen) atoms. The van der Waals surface area contributed by atoms with Gasteiger partial charge in [0, 0.05) is 23.5 Å². The number of anilines is 1. The number of ketones is 1. The SMILES string of the molecule is Cc1ccc(C(=O)/C(=C2/SCCN2c2ccccc2)n2cncn2)cc1. The fourth-order valence-electron chi connectivity index (χ4n) is 2.93. The number of allylic oxidation sites excluding steroid dienone is 1. The summed E-state index contributed by atoms with van der Waals surface area (Å²) in [6.07, 6.45) is 3.03. The second-order valence-electron chi connectivity index (χ2n) is 6.02. The number of para-hydroxylation sites is 1. The summed E-state index contributed by atoms with van der Waals surface area (Å²) in [5.41, 5.74) is 3.38. The van der Waals surface area contributed by atoms with Gasteiger partial charge < -0.3 is 4.90 Å². The van der Waals surface area contributed by atoms with Crippen LogP contribution >= 0.6 is 11.8 Å². The van der Waals surface area contributed by atoms with Gasteiger partial charge in [0.05, 0.1) is 0 Å². The number of benzene rings is 2. The van der Waals surface area contributed by atoms with Crippen LogP contribution in [-0.2, 0) is 0 Å². The number of rotatable bonds is 4. The highest BCUT2D eigenvalue weighted by molar-refractivity contribution is 8.03. The zero-order chi connectivity index (χ0) is 17.9. The number of aromatic nitrogens is 3. The molecule has 0 bridgehead atoms. The summed E-state index contributed by atoms with van der Waals surface area (Å²) in [7, 11) is 0. The third kappa shape index (κ3) is 3.15. The van der Waals surface area contributed by atoms with Crippen molar-refractivity contribution in [1.29, 1.82) is 0 Å². The molecule has 1 saturated heterocycles. The monoisotopic (exact) mass is 362 g/mol. The van der Waals surface area contributed by atoms with Gasteiger partial charge in [-0.05, 0) is 19.1 Å². The molecule has 0 atom stereocenters. The predicted molar refractivity (Wildman–Crippen MR) is 105 cm³/mol. The Bertz CT molecular complexity index is 934. The van der Waals surface area contributed by atoms with Crippen LogP contribution in [0.4, 0.5) is 5.69 Å². The average molecular weight is 362 g/mol. The van der Waals surface area contributed by atoms with E-state index in [1.807, 2.05) is 49.4 Å². The highest BCUT2D eigenvalue weighted by Crippen LogP contribution is 2.37. The Hall–Kier alpha value is -2.86. The fraction of sp³-hybridized carbons (Fsp3) is 0.150. The van der Waals surface area contributed by atoms with Crippen LogP contribution in [0.2, 0.25) is 0 Å². The van der Waals surface area contributed by atoms with Crippen LogP contribution in [0.3, 0.4) is 0 Å². The Morgan fingerprint density at radius 1 is 1.08 bits per heavy atom. The first kappa shape index (κ1) is 16.6. The van der Waals surface area contributed by atoms with Gasteiger partial charge in [-0.25, -0.2) is 9.67 Å². The molecule has 0 aliphatic carbocycles. The molecule has 1 aliphatic heterocycles. The molecule has 0 radical (unpaired) electrons. The van der Waals surface area contributed by atoms with Crippen molar-refractivity contribution in [1.82, 2.24) is 14.8 Å². The van der Waals surface area contributed by atoms with Gasteiger partial charge in [0.15, 0.2) is 0 Å². The van der Waals surface area contributed by atoms with E-state index >= 15 is 0 Å². The Balaban J connectivity index is 1.84. The lowest BCUT2D eigenvalue weighted by molar-refractivity contribution is 0.104. The summed E-state index contributed by atoms with van der Waals surface area (Å²) in [4.78, 5) is 19.5. The van der Waals surface area contributed by atoms with Crippen molar-refractivity contribution >= 4 is 28.9 Å². The van der Waals surface area contributed by atoms with Crippen molar-refractivity contribution in [2.75, 3.05) is 17.2 Å². The molecule has 5 nitrogen and oxygen atoms in total. The number of nitrogens with zero attached hydrogens (tertiary/aromatic N) is 4. The standard InChI is InChI=1S/C20H18N4OS/c1-15-7-9-16(10-8-15)19(25)18(24-14-21-13-22-24)20-23(11-12-26-20)17-5-3-2-4-6-17/h2-10,13-14H,11-12H2,1H3/b20-18-. The maximum absolute atomic E-state index is 13.3. The van der Waals surface area contributed by atoms with Crippen molar-refractivity contribution in [3.63, 3.8) is 0 Å². The smallest absolute Gasteiger partial charge is 0.214 e. The van der Waals surface area contributed by atoms with Crippen LogP contribution in [0.15, 0.2) is 72.3 Å². The number of carbonyl (C=O) groups excluding carboxylic acids is 1. The highest BCUT2D eigenvalue weighted by Gasteiger charge is 2.29. The Labute approximate surface area is 156 Å². The average Bonchev–Trinajstić information content (AvgIpc) is 3.36. The van der Waals surface area contributed by atoms with Crippen LogP contribution in [0.5, 0.6) is 0 Å². The molecule has 1 aromatic heterocycles. The van der Waals surface area contributed by atoms with Crippen LogP contribution in [0.1, 0.15) is 15.9 Å². The van der Waals surface area contributed by atoms with E-state index in [0.717, 1.165) is 28.6 Å². The van der Waals surface area contributed by atoms with Crippen molar-refractivity contribution in [2.24, 2.45) is 0 Å². The molecule has 130 valence electrons. The number of Topliss-reactive ketones (excluding diaryl/α,β-unsaturated/α-hetero) is 1. The van der Waals surface area contributed by atoms with Gasteiger partial charge in [0.1, 0.15) is 23.4 Å². The van der Waals surface area contributed by atoms with E-state index in [1.54, 1.807) is 22.8 Å². The van der Waals surface area contributed by atoms with E-state index in [4.69, 9.17) is 0 Å². The van der Waals surface area contributed by atoms with Crippen molar-refractivity contribution < 1.29 is 4.79 Å². The van der Waals surface area contributed by atoms with E-state index in [1.165, 1.54) is 6.33 Å². The molecule has 1 aliphatic rings. The van der Waals surface area contributed by atoms with E-state index in [-0.39, 0.29) is 5.78 Å². The van der Waals surface area contributed by atoms with Gasteiger partial charge >= 0.3 is 0 Å². The van der Waals surface area contributed by atoms with E-state index in [2.05, 4.69) is 27.1 Å². The summed E-state index contributed by atoms with van der Waals surface area (Å²) >= 11 is 1.67. The predicted octanol–water partition coefficient (Wildman–Crippen LogP) is 3.85. The third-order valence-corrected chi connectivity index (χ3v) is 5.32. The molecule has 0 amide bonds. The summed E-state index contributed by atoms with van der Waals surface area (Å²) in [6, 6.07) is 17.7. The van der Waals surface area contributed by atoms with Gasteiger partial charge in [-0.3, -0.25) is 4.79 Å². The largest absolute Gasteiger partial charge is 0.334 e. The molecule has 2 heterocycles. The molecule has 4 rings (SSSR count). The summed E-state index contributed by atoms with van der Waals surface area (Å²) in [5.74, 6) is 0.865. The van der Waals surface area contributed by atoms with Gasteiger partial charge in [-0.1, -0.05) is 48.0 Å². The second kappa shape index (κ2) is 7.17. The first-order chi connectivity index (χ1) is 12.7. The van der Waals surface area contributed by atoms with Crippen molar-refractivity contribution in [3.05, 3.63) is 83.4 Å². The molecular formula is C20H18N4OS. The maximum Gasteiger partial charge on any atom is 0.214 e. The molecular weight excluding hydrogens is 344 g/mol. The van der Waals surface area contributed by atoms with E-state index in [9.17, 15) is 4.79 Å². The van der Waals surface area contributed by atoms with Crippen LogP contribution in [0, 0.1) is 6.92 Å². The summed E-state index contributed by atoms with van der Waals surface area (Å²) in [5, 5.41) is 5.15. The van der Waals surface area contributed by atoms with E-state index in [0.29, 0.717) is 11.3 Å². The maximum atomic E-state index is 13.3. The minimum atomic E-state index is -0.0548. The zero-order valence-electron chi connectivity index (χ0n) is 14.4. The van der Waals surface area contributed by atoms with Crippen molar-refractivity contribution in [3.8, 4) is 0 Å². The molecule has 2 aromatic carbocycles. The van der Waals surface area contributed by atoms with Gasteiger partial charge in [-0.2, -0.15) is 5.10 Å². The highest BCUT2D eigenvalue weighted by atomic mass is 32.2. The lowest BCUT2D eigenvalue weighted by atomic mass is 10.1. The Morgan fingerprint density at radius 2 is 1.85 bits per heavy atom. The number of hydrogen-bond donors (Lipinski definition) is 0. The van der Waals surface area contributed by atoms with Gasteiger partial charge in [-0.15, -0.1) is 11.8 Å². The van der Waals surface area contributed by atoms with Gasteiger partial charge in [0.25, 0.3) is 0 Å². The first-order valence-electron chi connectivity index (χ1n) is 8.40. The molecule has 6 heteroatoms. The molecule has 0 saturated carbocycles.